The van der Waals surface area contributed by atoms with E-state index in [2.05, 4.69) is 41.8 Å². The first kappa shape index (κ1) is 26.7. The van der Waals surface area contributed by atoms with Gasteiger partial charge < -0.3 is 15.2 Å². The molecule has 1 aromatic carbocycles. The predicted octanol–water partition coefficient (Wildman–Crippen LogP) is 3.93. The number of nitrogens with one attached hydrogen (secondary N) is 2. The van der Waals surface area contributed by atoms with E-state index >= 15 is 0 Å². The van der Waals surface area contributed by atoms with E-state index in [1.54, 1.807) is 12.1 Å². The van der Waals surface area contributed by atoms with E-state index < -0.39 is 29.0 Å². The lowest BCUT2D eigenvalue weighted by atomic mass is 9.89. The van der Waals surface area contributed by atoms with Gasteiger partial charge in [-0.1, -0.05) is 51.3 Å². The number of morpholine rings is 1. The largest absolute Gasteiger partial charge is 0.506 e. The number of carbonyl (C=O) groups is 1. The van der Waals surface area contributed by atoms with Gasteiger partial charge in [-0.15, -0.1) is 0 Å². The standard InChI is InChI=1S/C23H24BrCl2FN6O3/c1-12-3-2-4-15(25)19(12)30-22(35)18-13(20(34)16(26)9-14(18)24)10-29-32-23-28-11-17(27)21(31-23)33-5-7-36-8-6-33/h2-4,9-11,14,17-18,21,34H,5-8H2,1H3,(H,30,35)(H,31,32)/b29-10-. The van der Waals surface area contributed by atoms with Gasteiger partial charge in [0.25, 0.3) is 0 Å². The van der Waals surface area contributed by atoms with Crippen molar-refractivity contribution in [1.29, 1.82) is 0 Å². The molecule has 36 heavy (non-hydrogen) atoms. The van der Waals surface area contributed by atoms with Crippen molar-refractivity contribution in [3.63, 3.8) is 0 Å². The van der Waals surface area contributed by atoms with Crippen LogP contribution < -0.4 is 10.7 Å². The van der Waals surface area contributed by atoms with E-state index in [0.29, 0.717) is 37.0 Å². The van der Waals surface area contributed by atoms with Crippen LogP contribution in [0.25, 0.3) is 0 Å². The van der Waals surface area contributed by atoms with Crippen LogP contribution in [0.3, 0.4) is 0 Å². The zero-order chi connectivity index (χ0) is 25.8. The number of benzene rings is 1. The Hall–Kier alpha value is -2.31. The Morgan fingerprint density at radius 1 is 1.36 bits per heavy atom. The molecule has 1 saturated heterocycles. The number of guanidine groups is 1. The molecular weight excluding hydrogens is 578 g/mol. The summed E-state index contributed by atoms with van der Waals surface area (Å²) < 4.78 is 19.7. The van der Waals surface area contributed by atoms with Gasteiger partial charge >= 0.3 is 0 Å². The zero-order valence-electron chi connectivity index (χ0n) is 19.2. The van der Waals surface area contributed by atoms with Crippen LogP contribution in [0.4, 0.5) is 10.1 Å². The molecule has 1 aromatic rings. The lowest BCUT2D eigenvalue weighted by Crippen LogP contribution is -2.49. The summed E-state index contributed by atoms with van der Waals surface area (Å²) >= 11 is 15.9. The van der Waals surface area contributed by atoms with Crippen LogP contribution in [0, 0.1) is 12.8 Å². The van der Waals surface area contributed by atoms with Gasteiger partial charge in [-0.25, -0.2) is 19.8 Å². The molecule has 1 amide bonds. The van der Waals surface area contributed by atoms with Crippen LogP contribution in [-0.4, -0.2) is 77.8 Å². The zero-order valence-corrected chi connectivity index (χ0v) is 22.3. The van der Waals surface area contributed by atoms with Crippen molar-refractivity contribution in [3.8, 4) is 0 Å². The third kappa shape index (κ3) is 5.97. The number of nitrogens with zero attached hydrogens (tertiary/aromatic N) is 4. The number of allylic oxidation sites excluding steroid dienone is 2. The molecule has 0 radical (unpaired) electrons. The van der Waals surface area contributed by atoms with Crippen molar-refractivity contribution in [2.24, 2.45) is 21.0 Å². The van der Waals surface area contributed by atoms with E-state index in [4.69, 9.17) is 27.9 Å². The quantitative estimate of drug-likeness (QED) is 0.269. The van der Waals surface area contributed by atoms with Crippen molar-refractivity contribution >= 4 is 69.1 Å². The van der Waals surface area contributed by atoms with Gasteiger partial charge in [0.05, 0.1) is 45.9 Å². The highest BCUT2D eigenvalue weighted by Gasteiger charge is 2.36. The molecule has 4 atom stereocenters. The molecule has 3 aliphatic rings. The number of hydrogen-bond acceptors (Lipinski definition) is 8. The summed E-state index contributed by atoms with van der Waals surface area (Å²) in [6.45, 7) is 3.94. The second-order valence-electron chi connectivity index (χ2n) is 8.27. The minimum absolute atomic E-state index is 0.0666. The maximum absolute atomic E-state index is 14.4. The van der Waals surface area contributed by atoms with Gasteiger partial charge in [-0.3, -0.25) is 9.69 Å². The first-order valence-electron chi connectivity index (χ1n) is 11.1. The first-order chi connectivity index (χ1) is 17.3. The Kier molecular flexibility index (Phi) is 8.78. The molecule has 2 aliphatic heterocycles. The Balaban J connectivity index is 1.52. The highest BCUT2D eigenvalue weighted by atomic mass is 79.9. The summed E-state index contributed by atoms with van der Waals surface area (Å²) in [5, 5.41) is 18.0. The predicted molar refractivity (Wildman–Crippen MR) is 143 cm³/mol. The number of para-hydroxylation sites is 1. The van der Waals surface area contributed by atoms with Gasteiger partial charge in [0, 0.05) is 24.9 Å². The van der Waals surface area contributed by atoms with E-state index in [1.165, 1.54) is 18.5 Å². The number of aliphatic hydroxyl groups excluding tert-OH is 1. The fraction of sp³-hybridized carbons (Fsp3) is 0.391. The summed E-state index contributed by atoms with van der Waals surface area (Å²) in [7, 11) is 0. The van der Waals surface area contributed by atoms with Gasteiger partial charge in [0.1, 0.15) is 11.9 Å². The first-order valence-corrected chi connectivity index (χ1v) is 12.8. The van der Waals surface area contributed by atoms with Crippen LogP contribution in [0.2, 0.25) is 5.02 Å². The number of halogens is 4. The topological polar surface area (TPSA) is 111 Å². The molecule has 13 heteroatoms. The average Bonchev–Trinajstić information content (AvgIpc) is 2.86. The normalized spacial score (nSPS) is 27.1. The lowest BCUT2D eigenvalue weighted by Gasteiger charge is -2.33. The molecule has 0 aromatic heterocycles. The summed E-state index contributed by atoms with van der Waals surface area (Å²) in [5.41, 5.74) is 4.07. The smallest absolute Gasteiger partial charge is 0.240 e. The molecule has 192 valence electrons. The number of aliphatic hydroxyl groups is 1. The van der Waals surface area contributed by atoms with E-state index in [9.17, 15) is 14.3 Å². The minimum Gasteiger partial charge on any atom is -0.506 e. The number of anilines is 1. The lowest BCUT2D eigenvalue weighted by molar-refractivity contribution is -0.118. The summed E-state index contributed by atoms with van der Waals surface area (Å²) in [4.78, 5) is 22.9. The number of alkyl halides is 2. The third-order valence-corrected chi connectivity index (χ3v) is 7.29. The van der Waals surface area contributed by atoms with Crippen LogP contribution in [0.5, 0.6) is 0 Å². The number of rotatable bonds is 5. The number of aryl methyl sites for hydroxylation is 1. The molecular formula is C23H24BrCl2FN6O3. The summed E-state index contributed by atoms with van der Waals surface area (Å²) in [6.07, 6.45) is 1.86. The Morgan fingerprint density at radius 3 is 2.83 bits per heavy atom. The summed E-state index contributed by atoms with van der Waals surface area (Å²) in [6, 6.07) is 5.27. The third-order valence-electron chi connectivity index (χ3n) is 5.88. The average molecular weight is 602 g/mol. The number of hydrogen-bond donors (Lipinski definition) is 3. The molecule has 0 spiro atoms. The number of amides is 1. The molecule has 0 saturated carbocycles. The monoisotopic (exact) mass is 600 g/mol. The Bertz CT molecular complexity index is 1150. The van der Waals surface area contributed by atoms with E-state index in [0.717, 1.165) is 5.56 Å². The number of aliphatic imine (C=N–C) groups is 2. The fourth-order valence-corrected chi connectivity index (χ4v) is 5.44. The highest BCUT2D eigenvalue weighted by Crippen LogP contribution is 2.35. The maximum Gasteiger partial charge on any atom is 0.240 e. The van der Waals surface area contributed by atoms with E-state index in [-0.39, 0.29) is 22.3 Å². The maximum atomic E-state index is 14.4. The van der Waals surface area contributed by atoms with Crippen LogP contribution in [-0.2, 0) is 9.53 Å². The molecule has 2 heterocycles. The van der Waals surface area contributed by atoms with Crippen LogP contribution in [0.15, 0.2) is 55.7 Å². The molecule has 3 N–H and O–H groups in total. The molecule has 1 aliphatic carbocycles. The second kappa shape index (κ2) is 11.8. The SMILES string of the molecule is Cc1cccc(Cl)c1NC(=O)C1C(/C=N\NC2=NC(N3CCOCC3)C(F)C=N2)=C(O)C(Cl)=CC1Br. The second-order valence-corrected chi connectivity index (χ2v) is 10.1. The number of ether oxygens (including phenoxy) is 1. The summed E-state index contributed by atoms with van der Waals surface area (Å²) in [5.74, 6) is -1.51. The highest BCUT2D eigenvalue weighted by molar-refractivity contribution is 9.09. The van der Waals surface area contributed by atoms with Gasteiger partial charge in [0.15, 0.2) is 6.17 Å². The van der Waals surface area contributed by atoms with Crippen molar-refractivity contribution in [3.05, 3.63) is 51.2 Å². The molecule has 1 fully saturated rings. The molecule has 9 nitrogen and oxygen atoms in total. The molecule has 0 bridgehead atoms. The van der Waals surface area contributed by atoms with Crippen LogP contribution >= 0.6 is 39.1 Å². The molecule has 4 rings (SSSR count). The Morgan fingerprint density at radius 2 is 2.11 bits per heavy atom. The number of carbonyl (C=O) groups excluding carboxylic acids is 1. The van der Waals surface area contributed by atoms with Crippen molar-refractivity contribution in [2.75, 3.05) is 31.6 Å². The van der Waals surface area contributed by atoms with Gasteiger partial charge in [-0.2, -0.15) is 5.10 Å². The molecule has 4 unspecified atom stereocenters. The van der Waals surface area contributed by atoms with Crippen molar-refractivity contribution < 1.29 is 19.0 Å². The van der Waals surface area contributed by atoms with Gasteiger partial charge in [-0.05, 0) is 24.6 Å². The Labute approximate surface area is 225 Å². The van der Waals surface area contributed by atoms with Crippen LogP contribution in [0.1, 0.15) is 5.56 Å². The fourth-order valence-electron chi connectivity index (χ4n) is 3.98. The van der Waals surface area contributed by atoms with Crippen molar-refractivity contribution in [1.82, 2.24) is 10.3 Å². The van der Waals surface area contributed by atoms with E-state index in [1.807, 2.05) is 17.9 Å². The number of hydrazone groups is 1. The van der Waals surface area contributed by atoms with Gasteiger partial charge in [0.2, 0.25) is 11.9 Å². The minimum atomic E-state index is -1.36. The van der Waals surface area contributed by atoms with Crippen molar-refractivity contribution in [2.45, 2.75) is 24.1 Å².